The van der Waals surface area contributed by atoms with Crippen molar-refractivity contribution < 1.29 is 18.0 Å². The van der Waals surface area contributed by atoms with Crippen molar-refractivity contribution in [2.75, 3.05) is 0 Å². The van der Waals surface area contributed by atoms with E-state index in [9.17, 15) is 18.0 Å². The van der Waals surface area contributed by atoms with Crippen LogP contribution in [0.2, 0.25) is 5.02 Å². The van der Waals surface area contributed by atoms with Crippen LogP contribution in [0.4, 0.5) is 18.9 Å². The van der Waals surface area contributed by atoms with Gasteiger partial charge >= 0.3 is 6.18 Å². The Morgan fingerprint density at radius 1 is 1.25 bits per heavy atom. The van der Waals surface area contributed by atoms with Crippen LogP contribution in [0, 0.1) is 0 Å². The quantitative estimate of drug-likeness (QED) is 0.708. The van der Waals surface area contributed by atoms with E-state index in [2.05, 4.69) is 10.3 Å². The van der Waals surface area contributed by atoms with Gasteiger partial charge in [0.05, 0.1) is 21.2 Å². The second-order valence-corrected chi connectivity index (χ2v) is 7.08. The summed E-state index contributed by atoms with van der Waals surface area (Å²) < 4.78 is 38.6. The average molecular weight is 389 g/mol. The lowest BCUT2D eigenvalue weighted by Crippen LogP contribution is -2.19. The first kappa shape index (κ1) is 17.1. The van der Waals surface area contributed by atoms with E-state index in [1.807, 2.05) is 17.5 Å². The number of thioether (sulfide) groups is 1. The Morgan fingerprint density at radius 2 is 2.04 bits per heavy atom. The van der Waals surface area contributed by atoms with Gasteiger partial charge < -0.3 is 5.32 Å². The molecule has 3 nitrogen and oxygen atoms in total. The highest BCUT2D eigenvalue weighted by molar-refractivity contribution is 8.18. The van der Waals surface area contributed by atoms with Crippen molar-refractivity contribution in [2.45, 2.75) is 6.18 Å². The third-order valence-corrected chi connectivity index (χ3v) is 5.01. The van der Waals surface area contributed by atoms with Gasteiger partial charge in [-0.3, -0.25) is 4.79 Å². The number of hydrogen-bond donors (Lipinski definition) is 1. The fourth-order valence-corrected chi connectivity index (χ4v) is 3.69. The first-order valence-corrected chi connectivity index (χ1v) is 8.60. The summed E-state index contributed by atoms with van der Waals surface area (Å²) in [6.07, 6.45) is -2.86. The SMILES string of the molecule is O=C1NC(=Nc2ccc(Cl)c(C(F)(F)F)c2)S/C1=C/c1cccs1. The molecular formula is C15H8ClF3N2OS2. The predicted octanol–water partition coefficient (Wildman–Crippen LogP) is 5.31. The molecule has 124 valence electrons. The number of alkyl halides is 3. The molecule has 1 fully saturated rings. The second-order valence-electron chi connectivity index (χ2n) is 4.66. The fourth-order valence-electron chi connectivity index (χ4n) is 1.90. The molecule has 1 aliphatic heterocycles. The smallest absolute Gasteiger partial charge is 0.300 e. The third-order valence-electron chi connectivity index (χ3n) is 2.95. The Bertz CT molecular complexity index is 845. The highest BCUT2D eigenvalue weighted by atomic mass is 35.5. The van der Waals surface area contributed by atoms with Crippen molar-refractivity contribution in [1.82, 2.24) is 5.32 Å². The highest BCUT2D eigenvalue weighted by Crippen LogP contribution is 2.37. The van der Waals surface area contributed by atoms with Gasteiger partial charge in [-0.05, 0) is 47.5 Å². The van der Waals surface area contributed by atoms with Gasteiger partial charge in [0.25, 0.3) is 5.91 Å². The Balaban J connectivity index is 1.87. The van der Waals surface area contributed by atoms with Gasteiger partial charge in [-0.1, -0.05) is 17.7 Å². The molecule has 0 atom stereocenters. The molecule has 24 heavy (non-hydrogen) atoms. The Hall–Kier alpha value is -1.77. The van der Waals surface area contributed by atoms with Crippen molar-refractivity contribution in [2.24, 2.45) is 4.99 Å². The standard InChI is InChI=1S/C15H8ClF3N2OS2/c16-11-4-3-8(6-10(11)15(17,18)19)20-14-21-13(22)12(24-14)7-9-2-1-5-23-9/h1-7H,(H,20,21,22)/b12-7+. The maximum atomic E-state index is 12.9. The molecule has 1 saturated heterocycles. The maximum Gasteiger partial charge on any atom is 0.417 e. The highest BCUT2D eigenvalue weighted by Gasteiger charge is 2.33. The fraction of sp³-hybridized carbons (Fsp3) is 0.0667. The number of benzene rings is 1. The van der Waals surface area contributed by atoms with Crippen LogP contribution in [0.1, 0.15) is 10.4 Å². The van der Waals surface area contributed by atoms with Crippen LogP contribution < -0.4 is 5.32 Å². The minimum Gasteiger partial charge on any atom is -0.300 e. The Kier molecular flexibility index (Phi) is 4.71. The molecule has 3 rings (SSSR count). The number of carbonyl (C=O) groups excluding carboxylic acids is 1. The molecule has 2 aromatic rings. The summed E-state index contributed by atoms with van der Waals surface area (Å²) in [4.78, 5) is 17.3. The van der Waals surface area contributed by atoms with E-state index in [4.69, 9.17) is 11.6 Å². The number of aliphatic imine (C=N–C) groups is 1. The maximum absolute atomic E-state index is 12.9. The van der Waals surface area contributed by atoms with Crippen LogP contribution in [0.5, 0.6) is 0 Å². The topological polar surface area (TPSA) is 41.5 Å². The summed E-state index contributed by atoms with van der Waals surface area (Å²) >= 11 is 8.12. The van der Waals surface area contributed by atoms with Crippen molar-refractivity contribution in [3.05, 3.63) is 56.1 Å². The van der Waals surface area contributed by atoms with Gasteiger partial charge in [-0.25, -0.2) is 4.99 Å². The van der Waals surface area contributed by atoms with Gasteiger partial charge in [-0.15, -0.1) is 11.3 Å². The molecule has 1 aromatic heterocycles. The number of halogens is 4. The van der Waals surface area contributed by atoms with Crippen molar-refractivity contribution in [1.29, 1.82) is 0 Å². The molecule has 0 bridgehead atoms. The van der Waals surface area contributed by atoms with Crippen LogP contribution in [-0.2, 0) is 11.0 Å². The molecule has 9 heteroatoms. The minimum absolute atomic E-state index is 0.0619. The summed E-state index contributed by atoms with van der Waals surface area (Å²) in [7, 11) is 0. The summed E-state index contributed by atoms with van der Waals surface area (Å²) in [5.41, 5.74) is -0.901. The molecule has 1 amide bonds. The lowest BCUT2D eigenvalue weighted by atomic mass is 10.2. The number of amides is 1. The lowest BCUT2D eigenvalue weighted by molar-refractivity contribution is -0.137. The van der Waals surface area contributed by atoms with Crippen LogP contribution in [0.15, 0.2) is 45.6 Å². The van der Waals surface area contributed by atoms with E-state index in [1.165, 1.54) is 17.4 Å². The monoisotopic (exact) mass is 388 g/mol. The van der Waals surface area contributed by atoms with E-state index in [-0.39, 0.29) is 16.8 Å². The number of nitrogens with one attached hydrogen (secondary N) is 1. The minimum atomic E-state index is -4.57. The molecular weight excluding hydrogens is 381 g/mol. The Labute approximate surface area is 148 Å². The normalized spacial score (nSPS) is 18.4. The second kappa shape index (κ2) is 6.62. The summed E-state index contributed by atoms with van der Waals surface area (Å²) in [6.45, 7) is 0. The van der Waals surface area contributed by atoms with E-state index < -0.39 is 16.8 Å². The number of thiophene rings is 1. The molecule has 0 spiro atoms. The zero-order valence-electron chi connectivity index (χ0n) is 11.7. The number of hydrogen-bond acceptors (Lipinski definition) is 4. The molecule has 0 radical (unpaired) electrons. The molecule has 0 unspecified atom stereocenters. The number of carbonyl (C=O) groups is 1. The van der Waals surface area contributed by atoms with Gasteiger partial charge in [0.15, 0.2) is 5.17 Å². The molecule has 0 aliphatic carbocycles. The predicted molar refractivity (Wildman–Crippen MR) is 91.6 cm³/mol. The molecule has 1 aliphatic rings. The van der Waals surface area contributed by atoms with E-state index in [0.29, 0.717) is 4.91 Å². The molecule has 1 N–H and O–H groups in total. The zero-order chi connectivity index (χ0) is 17.3. The first-order chi connectivity index (χ1) is 11.3. The van der Waals surface area contributed by atoms with Gasteiger partial charge in [0.1, 0.15) is 0 Å². The lowest BCUT2D eigenvalue weighted by Gasteiger charge is -2.09. The Morgan fingerprint density at radius 3 is 2.71 bits per heavy atom. The number of nitrogens with zero attached hydrogens (tertiary/aromatic N) is 1. The van der Waals surface area contributed by atoms with Gasteiger partial charge in [-0.2, -0.15) is 13.2 Å². The van der Waals surface area contributed by atoms with E-state index in [0.717, 1.165) is 28.8 Å². The van der Waals surface area contributed by atoms with Crippen molar-refractivity contribution >= 4 is 57.5 Å². The zero-order valence-corrected chi connectivity index (χ0v) is 14.1. The van der Waals surface area contributed by atoms with Gasteiger partial charge in [0.2, 0.25) is 0 Å². The van der Waals surface area contributed by atoms with E-state index >= 15 is 0 Å². The summed E-state index contributed by atoms with van der Waals surface area (Å²) in [6, 6.07) is 7.06. The van der Waals surface area contributed by atoms with Crippen LogP contribution in [-0.4, -0.2) is 11.1 Å². The first-order valence-electron chi connectivity index (χ1n) is 6.53. The van der Waals surface area contributed by atoms with Crippen molar-refractivity contribution in [3.63, 3.8) is 0 Å². The third kappa shape index (κ3) is 3.82. The largest absolute Gasteiger partial charge is 0.417 e. The number of amidine groups is 1. The van der Waals surface area contributed by atoms with Crippen LogP contribution in [0.25, 0.3) is 6.08 Å². The van der Waals surface area contributed by atoms with E-state index in [1.54, 1.807) is 6.08 Å². The summed E-state index contributed by atoms with van der Waals surface area (Å²) in [5.74, 6) is -0.336. The number of rotatable bonds is 2. The summed E-state index contributed by atoms with van der Waals surface area (Å²) in [5, 5.41) is 4.24. The molecule has 2 heterocycles. The van der Waals surface area contributed by atoms with Gasteiger partial charge in [0, 0.05) is 4.88 Å². The average Bonchev–Trinajstić information content (AvgIpc) is 3.11. The molecule has 0 saturated carbocycles. The van der Waals surface area contributed by atoms with Crippen molar-refractivity contribution in [3.8, 4) is 0 Å². The van der Waals surface area contributed by atoms with Crippen LogP contribution >= 0.6 is 34.7 Å². The molecule has 1 aromatic carbocycles. The van der Waals surface area contributed by atoms with Crippen LogP contribution in [0.3, 0.4) is 0 Å².